The highest BCUT2D eigenvalue weighted by Gasteiger charge is 2.10. The molecule has 0 spiro atoms. The third-order valence-corrected chi connectivity index (χ3v) is 3.77. The van der Waals surface area contributed by atoms with Gasteiger partial charge in [-0.05, 0) is 38.1 Å². The third kappa shape index (κ3) is 4.27. The molecule has 3 rings (SSSR count). The molecule has 0 unspecified atom stereocenters. The summed E-state index contributed by atoms with van der Waals surface area (Å²) in [7, 11) is 0. The molecule has 0 aromatic carbocycles. The van der Waals surface area contributed by atoms with E-state index in [9.17, 15) is 8.78 Å². The van der Waals surface area contributed by atoms with E-state index < -0.39 is 6.61 Å². The minimum atomic E-state index is -2.86. The first-order chi connectivity index (χ1) is 12.5. The first kappa shape index (κ1) is 17.7. The summed E-state index contributed by atoms with van der Waals surface area (Å²) in [6.45, 7) is 1.37. The zero-order valence-corrected chi connectivity index (χ0v) is 14.3. The highest BCUT2D eigenvalue weighted by molar-refractivity contribution is 5.58. The second kappa shape index (κ2) is 7.81. The van der Waals surface area contributed by atoms with Gasteiger partial charge in [0.15, 0.2) is 5.82 Å². The Morgan fingerprint density at radius 3 is 2.62 bits per heavy atom. The van der Waals surface area contributed by atoms with E-state index in [-0.39, 0.29) is 5.75 Å². The lowest BCUT2D eigenvalue weighted by molar-refractivity contribution is -0.0500. The van der Waals surface area contributed by atoms with Crippen molar-refractivity contribution in [1.82, 2.24) is 19.9 Å². The molecule has 1 N–H and O–H groups in total. The van der Waals surface area contributed by atoms with Crippen LogP contribution in [0.1, 0.15) is 17.0 Å². The van der Waals surface area contributed by atoms with E-state index in [1.165, 1.54) is 12.3 Å². The largest absolute Gasteiger partial charge is 0.433 e. The molecular formula is C18H17F2N5O. The number of aryl methyl sites for hydroxylation is 1. The molecule has 0 atom stereocenters. The van der Waals surface area contributed by atoms with Crippen LogP contribution in [-0.4, -0.2) is 26.5 Å². The zero-order chi connectivity index (χ0) is 18.5. The zero-order valence-electron chi connectivity index (χ0n) is 14.3. The summed E-state index contributed by atoms with van der Waals surface area (Å²) in [6, 6.07) is 6.80. The van der Waals surface area contributed by atoms with Crippen molar-refractivity contribution in [2.75, 3.05) is 5.32 Å². The topological polar surface area (TPSA) is 72.8 Å². The number of anilines is 1. The van der Waals surface area contributed by atoms with E-state index in [4.69, 9.17) is 0 Å². The lowest BCUT2D eigenvalue weighted by atomic mass is 10.2. The van der Waals surface area contributed by atoms with Gasteiger partial charge in [0.1, 0.15) is 11.6 Å². The van der Waals surface area contributed by atoms with Crippen LogP contribution in [0.5, 0.6) is 5.75 Å². The van der Waals surface area contributed by atoms with Crippen LogP contribution in [0.2, 0.25) is 0 Å². The maximum atomic E-state index is 12.2. The summed E-state index contributed by atoms with van der Waals surface area (Å²) in [5.41, 5.74) is 3.28. The van der Waals surface area contributed by atoms with E-state index in [1.54, 1.807) is 18.5 Å². The maximum absolute atomic E-state index is 12.2. The highest BCUT2D eigenvalue weighted by Crippen LogP contribution is 2.21. The van der Waals surface area contributed by atoms with Crippen molar-refractivity contribution in [1.29, 1.82) is 0 Å². The summed E-state index contributed by atoms with van der Waals surface area (Å²) in [5, 5.41) is 3.22. The van der Waals surface area contributed by atoms with E-state index in [0.29, 0.717) is 23.9 Å². The summed E-state index contributed by atoms with van der Waals surface area (Å²) in [6.07, 6.45) is 4.66. The van der Waals surface area contributed by atoms with Crippen LogP contribution in [-0.2, 0) is 6.54 Å². The Morgan fingerprint density at radius 1 is 1.12 bits per heavy atom. The third-order valence-electron chi connectivity index (χ3n) is 3.77. The summed E-state index contributed by atoms with van der Waals surface area (Å²) in [4.78, 5) is 17.3. The van der Waals surface area contributed by atoms with Gasteiger partial charge in [0.05, 0.1) is 18.4 Å². The molecule has 0 saturated heterocycles. The Kier molecular flexibility index (Phi) is 5.31. The maximum Gasteiger partial charge on any atom is 0.387 e. The minimum absolute atomic E-state index is 0.0247. The van der Waals surface area contributed by atoms with Gasteiger partial charge in [-0.25, -0.2) is 9.97 Å². The molecule has 134 valence electrons. The molecule has 3 heterocycles. The quantitative estimate of drug-likeness (QED) is 0.724. The Hall–Kier alpha value is -3.16. The van der Waals surface area contributed by atoms with Gasteiger partial charge in [0, 0.05) is 29.2 Å². The molecule has 0 radical (unpaired) electrons. The van der Waals surface area contributed by atoms with E-state index in [2.05, 4.69) is 30.0 Å². The van der Waals surface area contributed by atoms with Crippen molar-refractivity contribution in [3.8, 4) is 17.1 Å². The van der Waals surface area contributed by atoms with E-state index in [0.717, 1.165) is 16.8 Å². The monoisotopic (exact) mass is 357 g/mol. The van der Waals surface area contributed by atoms with Crippen LogP contribution in [0.25, 0.3) is 11.4 Å². The van der Waals surface area contributed by atoms with Crippen LogP contribution in [0.15, 0.2) is 42.9 Å². The Bertz CT molecular complexity index is 873. The van der Waals surface area contributed by atoms with Crippen molar-refractivity contribution in [3.05, 3.63) is 59.8 Å². The average molecular weight is 357 g/mol. The van der Waals surface area contributed by atoms with E-state index >= 15 is 0 Å². The molecule has 0 fully saturated rings. The fourth-order valence-corrected chi connectivity index (χ4v) is 2.29. The number of alkyl halides is 2. The SMILES string of the molecule is Cc1nc(-c2cccnc2)nc(NCc2ccc(OC(F)F)cn2)c1C. The summed E-state index contributed by atoms with van der Waals surface area (Å²) in [5.74, 6) is 1.29. The van der Waals surface area contributed by atoms with Crippen LogP contribution in [0.4, 0.5) is 14.6 Å². The van der Waals surface area contributed by atoms with Crippen molar-refractivity contribution in [2.24, 2.45) is 0 Å². The van der Waals surface area contributed by atoms with Crippen LogP contribution in [0, 0.1) is 13.8 Å². The average Bonchev–Trinajstić information content (AvgIpc) is 2.64. The Balaban J connectivity index is 1.76. The first-order valence-electron chi connectivity index (χ1n) is 7.92. The first-order valence-corrected chi connectivity index (χ1v) is 7.92. The molecule has 26 heavy (non-hydrogen) atoms. The lowest BCUT2D eigenvalue weighted by Gasteiger charge is -2.12. The number of hydrogen-bond acceptors (Lipinski definition) is 6. The number of nitrogens with one attached hydrogen (secondary N) is 1. The molecule has 6 nitrogen and oxygen atoms in total. The standard InChI is InChI=1S/C18H17F2N5O/c1-11-12(2)24-17(13-4-3-7-21-8-13)25-16(11)23-9-14-5-6-15(10-22-14)26-18(19)20/h3-8,10,18H,9H2,1-2H3,(H,23,24,25). The van der Waals surface area contributed by atoms with E-state index in [1.807, 2.05) is 26.0 Å². The van der Waals surface area contributed by atoms with Gasteiger partial charge in [-0.3, -0.25) is 9.97 Å². The second-order valence-corrected chi connectivity index (χ2v) is 5.57. The van der Waals surface area contributed by atoms with Gasteiger partial charge >= 0.3 is 6.61 Å². The highest BCUT2D eigenvalue weighted by atomic mass is 19.3. The molecule has 3 aromatic rings. The number of aromatic nitrogens is 4. The van der Waals surface area contributed by atoms with Crippen LogP contribution in [0.3, 0.4) is 0 Å². The van der Waals surface area contributed by atoms with Gasteiger partial charge in [0.25, 0.3) is 0 Å². The van der Waals surface area contributed by atoms with Crippen LogP contribution < -0.4 is 10.1 Å². The molecular weight excluding hydrogens is 340 g/mol. The number of hydrogen-bond donors (Lipinski definition) is 1. The number of pyridine rings is 2. The van der Waals surface area contributed by atoms with Gasteiger partial charge in [-0.1, -0.05) is 0 Å². The molecule has 8 heteroatoms. The molecule has 0 aliphatic heterocycles. The fourth-order valence-electron chi connectivity index (χ4n) is 2.29. The Labute approximate surface area is 149 Å². The van der Waals surface area contributed by atoms with Crippen molar-refractivity contribution in [2.45, 2.75) is 27.0 Å². The van der Waals surface area contributed by atoms with Gasteiger partial charge in [-0.2, -0.15) is 8.78 Å². The molecule has 0 aliphatic carbocycles. The van der Waals surface area contributed by atoms with Gasteiger partial charge in [-0.15, -0.1) is 0 Å². The fraction of sp³-hybridized carbons (Fsp3) is 0.222. The molecule has 0 aliphatic rings. The van der Waals surface area contributed by atoms with Gasteiger partial charge < -0.3 is 10.1 Å². The molecule has 0 saturated carbocycles. The molecule has 3 aromatic heterocycles. The predicted molar refractivity (Wildman–Crippen MR) is 92.9 cm³/mol. The summed E-state index contributed by atoms with van der Waals surface area (Å²) < 4.78 is 28.6. The second-order valence-electron chi connectivity index (χ2n) is 5.57. The number of nitrogens with zero attached hydrogens (tertiary/aromatic N) is 4. The number of ether oxygens (including phenoxy) is 1. The molecule has 0 bridgehead atoms. The van der Waals surface area contributed by atoms with Crippen molar-refractivity contribution in [3.63, 3.8) is 0 Å². The predicted octanol–water partition coefficient (Wildman–Crippen LogP) is 3.76. The van der Waals surface area contributed by atoms with Crippen molar-refractivity contribution < 1.29 is 13.5 Å². The number of rotatable bonds is 6. The number of halogens is 2. The Morgan fingerprint density at radius 2 is 1.96 bits per heavy atom. The minimum Gasteiger partial charge on any atom is -0.433 e. The molecule has 0 amide bonds. The smallest absolute Gasteiger partial charge is 0.387 e. The lowest BCUT2D eigenvalue weighted by Crippen LogP contribution is -2.08. The van der Waals surface area contributed by atoms with Crippen molar-refractivity contribution >= 4 is 5.82 Å². The van der Waals surface area contributed by atoms with Gasteiger partial charge in [0.2, 0.25) is 0 Å². The van der Waals surface area contributed by atoms with Crippen LogP contribution >= 0.6 is 0 Å². The normalized spacial score (nSPS) is 10.8. The summed E-state index contributed by atoms with van der Waals surface area (Å²) >= 11 is 0.